The first-order chi connectivity index (χ1) is 15.2. The fourth-order valence-electron chi connectivity index (χ4n) is 4.95. The summed E-state index contributed by atoms with van der Waals surface area (Å²) in [5.41, 5.74) is 0. The molecule has 0 fully saturated rings. The van der Waals surface area contributed by atoms with Crippen LogP contribution in [0.2, 0.25) is 0 Å². The number of aliphatic hydroxyl groups excluding tert-OH is 1. The molecular weight excluding hydrogens is 380 g/mol. The van der Waals surface area contributed by atoms with Gasteiger partial charge in [0.15, 0.2) is 12.4 Å². The van der Waals surface area contributed by atoms with E-state index >= 15 is 0 Å². The summed E-state index contributed by atoms with van der Waals surface area (Å²) in [4.78, 5) is 0. The van der Waals surface area contributed by atoms with E-state index in [9.17, 15) is 5.11 Å². The van der Waals surface area contributed by atoms with Gasteiger partial charge in [-0.25, -0.2) is 0 Å². The second kappa shape index (κ2) is 18.7. The Morgan fingerprint density at radius 2 is 1.26 bits per heavy atom. The third-order valence-corrected chi connectivity index (χ3v) is 7.20. The van der Waals surface area contributed by atoms with Gasteiger partial charge in [0.2, 0.25) is 0 Å². The summed E-state index contributed by atoms with van der Waals surface area (Å²) in [6, 6.07) is 0. The van der Waals surface area contributed by atoms with Crippen LogP contribution >= 0.6 is 0 Å². The molecule has 2 N–H and O–H groups in total. The van der Waals surface area contributed by atoms with E-state index in [2.05, 4.69) is 37.5 Å². The van der Waals surface area contributed by atoms with Crippen molar-refractivity contribution in [2.45, 2.75) is 149 Å². The first-order valence-electron chi connectivity index (χ1n) is 13.8. The van der Waals surface area contributed by atoms with Crippen LogP contribution in [0.1, 0.15) is 136 Å². The lowest BCUT2D eigenvalue weighted by atomic mass is 10.1. The molecule has 0 spiro atoms. The van der Waals surface area contributed by atoms with Crippen molar-refractivity contribution in [1.82, 2.24) is 5.32 Å². The number of hydrogen-bond acceptors (Lipinski definition) is 2. The number of unbranched alkanes of at least 4 members (excludes halogenated alkanes) is 15. The maximum absolute atomic E-state index is 10.2. The third-order valence-electron chi connectivity index (χ3n) is 7.20. The van der Waals surface area contributed by atoms with Crippen molar-refractivity contribution in [2.75, 3.05) is 6.54 Å². The molecule has 0 amide bonds. The average molecular weight is 436 g/mol. The van der Waals surface area contributed by atoms with Crippen LogP contribution in [0.15, 0.2) is 24.6 Å². The van der Waals surface area contributed by atoms with Gasteiger partial charge in [-0.15, -0.1) is 0 Å². The summed E-state index contributed by atoms with van der Waals surface area (Å²) in [6.45, 7) is 7.32. The molecule has 3 unspecified atom stereocenters. The van der Waals surface area contributed by atoms with E-state index in [0.29, 0.717) is 10.6 Å². The summed E-state index contributed by atoms with van der Waals surface area (Å²) < 4.78 is 0.673. The highest BCUT2D eigenvalue weighted by Gasteiger charge is 2.40. The first-order valence-corrected chi connectivity index (χ1v) is 13.8. The molecule has 3 nitrogen and oxygen atoms in total. The van der Waals surface area contributed by atoms with Gasteiger partial charge in [0.25, 0.3) is 0 Å². The molecule has 1 heterocycles. The average Bonchev–Trinajstić information content (AvgIpc) is 3.19. The Morgan fingerprint density at radius 3 is 1.74 bits per heavy atom. The Morgan fingerprint density at radius 1 is 0.774 bits per heavy atom. The number of hydrogen-bond donors (Lipinski definition) is 2. The fraction of sp³-hybridized carbons (Fsp3) is 0.857. The van der Waals surface area contributed by atoms with Crippen molar-refractivity contribution in [3.05, 3.63) is 24.6 Å². The number of nitrogens with one attached hydrogen (secondary N) is 1. The maximum Gasteiger partial charge on any atom is 0.193 e. The number of nitrogens with zero attached hydrogens (tertiary/aromatic N) is 1. The molecule has 0 radical (unpaired) electrons. The van der Waals surface area contributed by atoms with Crippen LogP contribution < -0.4 is 5.32 Å². The summed E-state index contributed by atoms with van der Waals surface area (Å²) in [5, 5.41) is 13.7. The van der Waals surface area contributed by atoms with Crippen LogP contribution in [0.5, 0.6) is 0 Å². The smallest absolute Gasteiger partial charge is 0.193 e. The maximum atomic E-state index is 10.2. The Bertz CT molecular complexity index is 460. The molecule has 0 aliphatic carbocycles. The lowest BCUT2D eigenvalue weighted by Crippen LogP contribution is -2.57. The van der Waals surface area contributed by atoms with Crippen molar-refractivity contribution in [3.8, 4) is 0 Å². The minimum Gasteiger partial charge on any atom is -0.345 e. The van der Waals surface area contributed by atoms with Gasteiger partial charge in [-0.05, 0) is 39.0 Å². The van der Waals surface area contributed by atoms with Crippen LogP contribution in [0, 0.1) is 0 Å². The zero-order chi connectivity index (χ0) is 22.6. The summed E-state index contributed by atoms with van der Waals surface area (Å²) in [6.07, 6.45) is 33.5. The van der Waals surface area contributed by atoms with Crippen molar-refractivity contribution in [3.63, 3.8) is 0 Å². The van der Waals surface area contributed by atoms with E-state index in [1.165, 1.54) is 109 Å². The molecule has 0 aromatic rings. The van der Waals surface area contributed by atoms with E-state index in [-0.39, 0.29) is 6.23 Å². The molecule has 3 heteroatoms. The molecule has 3 atom stereocenters. The molecule has 182 valence electrons. The van der Waals surface area contributed by atoms with Gasteiger partial charge in [-0.3, -0.25) is 4.48 Å². The lowest BCUT2D eigenvalue weighted by molar-refractivity contribution is -0.942. The van der Waals surface area contributed by atoms with Crippen LogP contribution in [0.3, 0.4) is 0 Å². The minimum atomic E-state index is -0.337. The van der Waals surface area contributed by atoms with E-state index in [1.807, 2.05) is 13.1 Å². The molecule has 0 saturated heterocycles. The standard InChI is InChI=1S/C28H55N2O/c1-4-6-7-8-9-10-11-12-13-14-15-16-17-18-19-20-21-22-23-24-28-29-25-26-30(28,5-2)27(3)31/h14-15,25-29,31H,4-13,16-24H2,1-3H3/q+1/b15-14+. The van der Waals surface area contributed by atoms with Crippen molar-refractivity contribution < 1.29 is 9.59 Å². The summed E-state index contributed by atoms with van der Waals surface area (Å²) in [7, 11) is 0. The van der Waals surface area contributed by atoms with Crippen LogP contribution in [0.4, 0.5) is 0 Å². The number of aliphatic hydroxyl groups is 1. The second-order valence-electron chi connectivity index (χ2n) is 9.73. The predicted octanol–water partition coefficient (Wildman–Crippen LogP) is 8.16. The molecule has 1 rings (SSSR count). The highest BCUT2D eigenvalue weighted by atomic mass is 16.3. The molecular formula is C28H55N2O+. The number of rotatable bonds is 21. The predicted molar refractivity (Wildman–Crippen MR) is 136 cm³/mol. The largest absolute Gasteiger partial charge is 0.345 e. The Hall–Kier alpha value is -0.800. The van der Waals surface area contributed by atoms with Crippen LogP contribution in [-0.4, -0.2) is 28.5 Å². The zero-order valence-electron chi connectivity index (χ0n) is 21.3. The van der Waals surface area contributed by atoms with E-state index < -0.39 is 0 Å². The molecule has 1 aliphatic heterocycles. The van der Waals surface area contributed by atoms with Gasteiger partial charge in [0.05, 0.1) is 12.7 Å². The molecule has 31 heavy (non-hydrogen) atoms. The Balaban J connectivity index is 1.85. The zero-order valence-corrected chi connectivity index (χ0v) is 21.3. The summed E-state index contributed by atoms with van der Waals surface area (Å²) >= 11 is 0. The SMILES string of the molecule is CCCCCCCCCC/C=C/CCCCCCCCCC1NC=C[N+]1(CC)C(C)O. The Kier molecular flexibility index (Phi) is 17.1. The van der Waals surface area contributed by atoms with Crippen LogP contribution in [0.25, 0.3) is 0 Å². The van der Waals surface area contributed by atoms with Gasteiger partial charge in [-0.2, -0.15) is 0 Å². The molecule has 1 aliphatic rings. The molecule has 0 bridgehead atoms. The minimum absolute atomic E-state index is 0.337. The number of allylic oxidation sites excluding steroid dienone is 2. The van der Waals surface area contributed by atoms with Crippen molar-refractivity contribution in [1.29, 1.82) is 0 Å². The van der Waals surface area contributed by atoms with Crippen LogP contribution in [-0.2, 0) is 0 Å². The molecule has 0 saturated carbocycles. The number of quaternary nitrogens is 1. The summed E-state index contributed by atoms with van der Waals surface area (Å²) in [5.74, 6) is 0. The van der Waals surface area contributed by atoms with Gasteiger partial charge in [0.1, 0.15) is 6.20 Å². The fourth-order valence-corrected chi connectivity index (χ4v) is 4.95. The molecule has 0 aromatic carbocycles. The quantitative estimate of drug-likeness (QED) is 0.108. The monoisotopic (exact) mass is 435 g/mol. The van der Waals surface area contributed by atoms with Crippen molar-refractivity contribution >= 4 is 0 Å². The molecule has 0 aromatic heterocycles. The normalized spacial score (nSPS) is 21.7. The Labute approximate surface area is 195 Å². The van der Waals surface area contributed by atoms with Gasteiger partial charge >= 0.3 is 0 Å². The van der Waals surface area contributed by atoms with Gasteiger partial charge in [0, 0.05) is 13.3 Å². The van der Waals surface area contributed by atoms with E-state index in [1.54, 1.807) is 0 Å². The highest BCUT2D eigenvalue weighted by Crippen LogP contribution is 2.25. The third kappa shape index (κ3) is 12.1. The van der Waals surface area contributed by atoms with Crippen molar-refractivity contribution in [2.24, 2.45) is 0 Å². The first kappa shape index (κ1) is 28.2. The second-order valence-corrected chi connectivity index (χ2v) is 9.73. The van der Waals surface area contributed by atoms with Gasteiger partial charge < -0.3 is 10.4 Å². The topological polar surface area (TPSA) is 32.3 Å². The highest BCUT2D eigenvalue weighted by molar-refractivity contribution is 4.84. The van der Waals surface area contributed by atoms with Gasteiger partial charge in [-0.1, -0.05) is 96.1 Å². The van der Waals surface area contributed by atoms with E-state index in [0.717, 1.165) is 13.0 Å². The lowest BCUT2D eigenvalue weighted by Gasteiger charge is -2.39. The van der Waals surface area contributed by atoms with E-state index in [4.69, 9.17) is 0 Å².